The lowest BCUT2D eigenvalue weighted by Crippen LogP contribution is -2.40. The Hall–Kier alpha value is -2.74. The van der Waals surface area contributed by atoms with Gasteiger partial charge in [0.1, 0.15) is 5.75 Å². The van der Waals surface area contributed by atoms with E-state index >= 15 is 0 Å². The molecular weight excluding hydrogens is 397 g/mol. The molecule has 0 bridgehead atoms. The summed E-state index contributed by atoms with van der Waals surface area (Å²) in [5.41, 5.74) is 0.824. The molecule has 0 saturated heterocycles. The van der Waals surface area contributed by atoms with E-state index in [1.165, 1.54) is 13.0 Å². The van der Waals surface area contributed by atoms with Crippen molar-refractivity contribution in [3.63, 3.8) is 0 Å². The van der Waals surface area contributed by atoms with Crippen LogP contribution < -0.4 is 10.1 Å². The Balaban J connectivity index is 1.97. The van der Waals surface area contributed by atoms with Gasteiger partial charge in [-0.2, -0.15) is 13.2 Å². The molecule has 2 aromatic rings. The zero-order valence-corrected chi connectivity index (χ0v) is 15.7. The number of carbonyl (C=O) groups is 2. The molecule has 28 heavy (non-hydrogen) atoms. The van der Waals surface area contributed by atoms with Gasteiger partial charge in [-0.15, -0.1) is 0 Å². The lowest BCUT2D eigenvalue weighted by atomic mass is 10.2. The van der Waals surface area contributed by atoms with Crippen LogP contribution in [0.2, 0.25) is 5.02 Å². The minimum absolute atomic E-state index is 0.0966. The number of benzene rings is 2. The maximum atomic E-state index is 12.6. The maximum Gasteiger partial charge on any atom is 0.471 e. The van der Waals surface area contributed by atoms with Crippen molar-refractivity contribution in [2.75, 3.05) is 18.5 Å². The average molecular weight is 415 g/mol. The van der Waals surface area contributed by atoms with Crippen LogP contribution in [0.4, 0.5) is 18.9 Å². The third-order valence-corrected chi connectivity index (χ3v) is 4.00. The number of para-hydroxylation sites is 1. The highest BCUT2D eigenvalue weighted by molar-refractivity contribution is 6.32. The Morgan fingerprint density at radius 3 is 2.50 bits per heavy atom. The van der Waals surface area contributed by atoms with E-state index in [-0.39, 0.29) is 19.7 Å². The van der Waals surface area contributed by atoms with E-state index in [1.54, 1.807) is 42.5 Å². The summed E-state index contributed by atoms with van der Waals surface area (Å²) in [5.74, 6) is -2.01. The molecule has 0 unspecified atom stereocenters. The summed E-state index contributed by atoms with van der Waals surface area (Å²) in [6.07, 6.45) is -4.93. The van der Waals surface area contributed by atoms with Crippen LogP contribution in [0.5, 0.6) is 5.75 Å². The molecule has 0 saturated carbocycles. The average Bonchev–Trinajstić information content (AvgIpc) is 2.64. The zero-order chi connectivity index (χ0) is 20.7. The number of anilines is 1. The predicted molar refractivity (Wildman–Crippen MR) is 99.2 cm³/mol. The quantitative estimate of drug-likeness (QED) is 0.736. The zero-order valence-electron chi connectivity index (χ0n) is 14.9. The molecule has 0 fully saturated rings. The smallest absolute Gasteiger partial charge is 0.471 e. The van der Waals surface area contributed by atoms with Gasteiger partial charge in [-0.25, -0.2) is 0 Å². The van der Waals surface area contributed by atoms with E-state index in [1.807, 2.05) is 0 Å². The summed E-state index contributed by atoms with van der Waals surface area (Å²) in [6.45, 7) is 0.845. The van der Waals surface area contributed by atoms with Crippen LogP contribution in [0.3, 0.4) is 0 Å². The van der Waals surface area contributed by atoms with Crippen LogP contribution >= 0.6 is 11.6 Å². The highest BCUT2D eigenvalue weighted by Crippen LogP contribution is 2.23. The number of carbonyl (C=O) groups excluding carboxylic acids is 2. The Morgan fingerprint density at radius 2 is 1.86 bits per heavy atom. The lowest BCUT2D eigenvalue weighted by Gasteiger charge is -2.22. The molecular formula is C19H18ClF3N2O3. The lowest BCUT2D eigenvalue weighted by molar-refractivity contribution is -0.185. The number of hydrogen-bond acceptors (Lipinski definition) is 3. The van der Waals surface area contributed by atoms with Crippen molar-refractivity contribution in [2.24, 2.45) is 0 Å². The van der Waals surface area contributed by atoms with E-state index in [2.05, 4.69) is 5.32 Å². The van der Waals surface area contributed by atoms with Crippen molar-refractivity contribution in [1.82, 2.24) is 4.90 Å². The van der Waals surface area contributed by atoms with Crippen molar-refractivity contribution >= 4 is 29.1 Å². The van der Waals surface area contributed by atoms with E-state index in [4.69, 9.17) is 16.3 Å². The largest absolute Gasteiger partial charge is 0.482 e. The molecule has 0 aliphatic rings. The number of nitrogens with zero attached hydrogens (tertiary/aromatic N) is 1. The molecule has 0 aromatic heterocycles. The second-order valence-corrected chi connectivity index (χ2v) is 6.19. The van der Waals surface area contributed by atoms with Gasteiger partial charge in [0.2, 0.25) is 0 Å². The van der Waals surface area contributed by atoms with Gasteiger partial charge in [-0.05, 0) is 36.8 Å². The highest BCUT2D eigenvalue weighted by Gasteiger charge is 2.41. The second-order valence-electron chi connectivity index (χ2n) is 5.78. The molecule has 0 heterocycles. The van der Waals surface area contributed by atoms with Crippen LogP contribution in [0.1, 0.15) is 12.5 Å². The van der Waals surface area contributed by atoms with Gasteiger partial charge in [-0.1, -0.05) is 35.9 Å². The third-order valence-electron chi connectivity index (χ3n) is 3.69. The minimum Gasteiger partial charge on any atom is -0.482 e. The fourth-order valence-electron chi connectivity index (χ4n) is 2.38. The van der Waals surface area contributed by atoms with Gasteiger partial charge in [0.15, 0.2) is 6.61 Å². The van der Waals surface area contributed by atoms with Crippen LogP contribution in [-0.2, 0) is 16.1 Å². The molecule has 0 aliphatic carbocycles. The molecule has 2 aromatic carbocycles. The summed E-state index contributed by atoms with van der Waals surface area (Å²) in [6, 6.07) is 12.9. The van der Waals surface area contributed by atoms with Gasteiger partial charge in [0.05, 0.1) is 5.02 Å². The van der Waals surface area contributed by atoms with Gasteiger partial charge in [-0.3, -0.25) is 9.59 Å². The standard InChI is InChI=1S/C19H18ClF3N2O3/c1-2-25(18(27)19(21,22)23)11-13-6-5-7-14(10-13)24-17(26)12-28-16-9-4-3-8-15(16)20/h3-10H,2,11-12H2,1H3,(H,24,26). The molecule has 2 rings (SSSR count). The minimum atomic E-state index is -4.93. The molecule has 0 atom stereocenters. The first-order valence-corrected chi connectivity index (χ1v) is 8.70. The highest BCUT2D eigenvalue weighted by atomic mass is 35.5. The van der Waals surface area contributed by atoms with Crippen molar-refractivity contribution in [2.45, 2.75) is 19.6 Å². The first-order chi connectivity index (χ1) is 13.2. The van der Waals surface area contributed by atoms with E-state index < -0.39 is 18.0 Å². The normalized spacial score (nSPS) is 11.0. The summed E-state index contributed by atoms with van der Waals surface area (Å²) in [5, 5.41) is 2.96. The molecule has 1 N–H and O–H groups in total. The molecule has 5 nitrogen and oxygen atoms in total. The molecule has 0 spiro atoms. The number of alkyl halides is 3. The van der Waals surface area contributed by atoms with E-state index in [9.17, 15) is 22.8 Å². The molecule has 2 amide bonds. The molecule has 9 heteroatoms. The monoisotopic (exact) mass is 414 g/mol. The van der Waals surface area contributed by atoms with Crippen molar-refractivity contribution in [3.05, 3.63) is 59.1 Å². The van der Waals surface area contributed by atoms with Gasteiger partial charge < -0.3 is 15.0 Å². The Bertz CT molecular complexity index is 843. The second kappa shape index (κ2) is 9.45. The van der Waals surface area contributed by atoms with Crippen molar-refractivity contribution in [1.29, 1.82) is 0 Å². The summed E-state index contributed by atoms with van der Waals surface area (Å²) in [7, 11) is 0. The molecule has 150 valence electrons. The van der Waals surface area contributed by atoms with Crippen LogP contribution in [0, 0.1) is 0 Å². The van der Waals surface area contributed by atoms with Crippen LogP contribution in [-0.4, -0.2) is 36.0 Å². The van der Waals surface area contributed by atoms with Crippen molar-refractivity contribution in [3.8, 4) is 5.75 Å². The fraction of sp³-hybridized carbons (Fsp3) is 0.263. The van der Waals surface area contributed by atoms with E-state index in [0.717, 1.165) is 0 Å². The Morgan fingerprint density at radius 1 is 1.14 bits per heavy atom. The molecule has 0 aliphatic heterocycles. The third kappa shape index (κ3) is 6.16. The summed E-state index contributed by atoms with van der Waals surface area (Å²) < 4.78 is 43.2. The maximum absolute atomic E-state index is 12.6. The predicted octanol–water partition coefficient (Wildman–Crippen LogP) is 4.27. The Kier molecular flexibility index (Phi) is 7.28. The van der Waals surface area contributed by atoms with Crippen LogP contribution in [0.25, 0.3) is 0 Å². The number of amides is 2. The number of nitrogens with one attached hydrogen (secondary N) is 1. The topological polar surface area (TPSA) is 58.6 Å². The summed E-state index contributed by atoms with van der Waals surface area (Å²) >= 11 is 5.94. The van der Waals surface area contributed by atoms with E-state index in [0.29, 0.717) is 26.9 Å². The summed E-state index contributed by atoms with van der Waals surface area (Å²) in [4.78, 5) is 24.1. The first kappa shape index (κ1) is 21.6. The number of ether oxygens (including phenoxy) is 1. The fourth-order valence-corrected chi connectivity index (χ4v) is 2.57. The number of rotatable bonds is 7. The number of hydrogen-bond donors (Lipinski definition) is 1. The van der Waals surface area contributed by atoms with Gasteiger partial charge in [0, 0.05) is 18.8 Å². The number of halogens is 4. The SMILES string of the molecule is CCN(Cc1cccc(NC(=O)COc2ccccc2Cl)c1)C(=O)C(F)(F)F. The Labute approximate surface area is 165 Å². The van der Waals surface area contributed by atoms with Crippen molar-refractivity contribution < 1.29 is 27.5 Å². The van der Waals surface area contributed by atoms with Gasteiger partial charge in [0.25, 0.3) is 5.91 Å². The van der Waals surface area contributed by atoms with Gasteiger partial charge >= 0.3 is 12.1 Å². The van der Waals surface area contributed by atoms with Crippen LogP contribution in [0.15, 0.2) is 48.5 Å². The molecule has 0 radical (unpaired) electrons. The first-order valence-electron chi connectivity index (χ1n) is 8.33.